The predicted molar refractivity (Wildman–Crippen MR) is 78.0 cm³/mol. The first kappa shape index (κ1) is 16.1. The minimum Gasteiger partial charge on any atom is -0.490 e. The van der Waals surface area contributed by atoms with Crippen molar-refractivity contribution in [1.82, 2.24) is 0 Å². The first-order chi connectivity index (χ1) is 10.4. The number of rotatable bonds is 5. The molecule has 1 N–H and O–H groups in total. The van der Waals surface area contributed by atoms with Gasteiger partial charge in [0, 0.05) is 6.07 Å². The van der Waals surface area contributed by atoms with Gasteiger partial charge in [0.2, 0.25) is 0 Å². The second-order valence-corrected chi connectivity index (χ2v) is 5.03. The van der Waals surface area contributed by atoms with Gasteiger partial charge in [-0.15, -0.1) is 0 Å². The van der Waals surface area contributed by atoms with Gasteiger partial charge in [-0.3, -0.25) is 4.79 Å². The van der Waals surface area contributed by atoms with Gasteiger partial charge in [-0.2, -0.15) is 0 Å². The van der Waals surface area contributed by atoms with Crippen LogP contribution in [0.3, 0.4) is 0 Å². The van der Waals surface area contributed by atoms with Crippen molar-refractivity contribution in [3.8, 4) is 5.75 Å². The topological polar surface area (TPSA) is 46.5 Å². The molecule has 0 spiro atoms. The number of ether oxygens (including phenoxy) is 1. The van der Waals surface area contributed by atoms with Gasteiger partial charge in [0.25, 0.3) is 0 Å². The molecule has 0 aromatic heterocycles. The number of hydrogen-bond acceptors (Lipinski definition) is 3. The second kappa shape index (κ2) is 6.66. The van der Waals surface area contributed by atoms with E-state index in [-0.39, 0.29) is 29.5 Å². The average molecular weight is 306 g/mol. The van der Waals surface area contributed by atoms with Crippen LogP contribution in [0.4, 0.5) is 8.78 Å². The number of aliphatic hydroxyl groups is 1. The standard InChI is InChI=1S/C17H16F2O3/c1-10-7-12(18)3-5-14(10)17(21)9-22-13-4-6-15(11(2)20)16(19)8-13/h3-8,17,21H,9H2,1-2H3. The average Bonchev–Trinajstić information content (AvgIpc) is 2.44. The van der Waals surface area contributed by atoms with Crippen molar-refractivity contribution in [2.75, 3.05) is 6.61 Å². The van der Waals surface area contributed by atoms with Crippen molar-refractivity contribution in [1.29, 1.82) is 0 Å². The van der Waals surface area contributed by atoms with Crippen LogP contribution in [0.2, 0.25) is 0 Å². The molecule has 0 aliphatic heterocycles. The Balaban J connectivity index is 2.06. The summed E-state index contributed by atoms with van der Waals surface area (Å²) in [5.41, 5.74) is 1.14. The van der Waals surface area contributed by atoms with Gasteiger partial charge < -0.3 is 9.84 Å². The Morgan fingerprint density at radius 3 is 2.55 bits per heavy atom. The van der Waals surface area contributed by atoms with Gasteiger partial charge in [0.15, 0.2) is 5.78 Å². The quantitative estimate of drug-likeness (QED) is 0.859. The lowest BCUT2D eigenvalue weighted by Crippen LogP contribution is -2.11. The van der Waals surface area contributed by atoms with Gasteiger partial charge >= 0.3 is 0 Å². The Kier molecular flexibility index (Phi) is 4.88. The molecule has 0 aliphatic rings. The van der Waals surface area contributed by atoms with Crippen molar-refractivity contribution in [3.63, 3.8) is 0 Å². The van der Waals surface area contributed by atoms with Crippen molar-refractivity contribution in [2.24, 2.45) is 0 Å². The van der Waals surface area contributed by atoms with Crippen molar-refractivity contribution in [2.45, 2.75) is 20.0 Å². The van der Waals surface area contributed by atoms with E-state index in [0.29, 0.717) is 11.1 Å². The molecule has 2 aromatic carbocycles. The van der Waals surface area contributed by atoms with Crippen LogP contribution < -0.4 is 4.74 Å². The normalized spacial score (nSPS) is 12.0. The van der Waals surface area contributed by atoms with E-state index in [1.54, 1.807) is 6.92 Å². The van der Waals surface area contributed by atoms with E-state index in [2.05, 4.69) is 0 Å². The molecule has 0 saturated carbocycles. The maximum atomic E-state index is 13.7. The third-order valence-corrected chi connectivity index (χ3v) is 3.32. The third-order valence-electron chi connectivity index (χ3n) is 3.32. The van der Waals surface area contributed by atoms with Crippen LogP contribution in [0.25, 0.3) is 0 Å². The molecule has 0 radical (unpaired) electrons. The van der Waals surface area contributed by atoms with Crippen LogP contribution in [-0.4, -0.2) is 17.5 Å². The summed E-state index contributed by atoms with van der Waals surface area (Å²) in [4.78, 5) is 11.1. The fraction of sp³-hybridized carbons (Fsp3) is 0.235. The summed E-state index contributed by atoms with van der Waals surface area (Å²) in [6.07, 6.45) is -0.962. The molecular formula is C17H16F2O3. The summed E-state index contributed by atoms with van der Waals surface area (Å²) in [5, 5.41) is 10.1. The second-order valence-electron chi connectivity index (χ2n) is 5.03. The Labute approximate surface area is 127 Å². The summed E-state index contributed by atoms with van der Waals surface area (Å²) < 4.78 is 32.0. The lowest BCUT2D eigenvalue weighted by molar-refractivity contribution is 0.101. The highest BCUT2D eigenvalue weighted by Crippen LogP contribution is 2.22. The minimum absolute atomic E-state index is 0.0118. The molecule has 0 bridgehead atoms. The molecule has 5 heteroatoms. The Morgan fingerprint density at radius 2 is 1.95 bits per heavy atom. The fourth-order valence-electron chi connectivity index (χ4n) is 2.15. The summed E-state index contributed by atoms with van der Waals surface area (Å²) in [6.45, 7) is 2.86. The lowest BCUT2D eigenvalue weighted by atomic mass is 10.0. The van der Waals surface area contributed by atoms with Gasteiger partial charge in [0.1, 0.15) is 30.1 Å². The number of carbonyl (C=O) groups is 1. The summed E-state index contributed by atoms with van der Waals surface area (Å²) in [5.74, 6) is -1.21. The third kappa shape index (κ3) is 3.68. The molecule has 0 amide bonds. The smallest absolute Gasteiger partial charge is 0.162 e. The van der Waals surface area contributed by atoms with Crippen molar-refractivity contribution in [3.05, 3.63) is 64.7 Å². The molecule has 0 fully saturated rings. The number of aryl methyl sites for hydroxylation is 1. The highest BCUT2D eigenvalue weighted by molar-refractivity contribution is 5.94. The number of ketones is 1. The van der Waals surface area contributed by atoms with Crippen LogP contribution in [0.5, 0.6) is 5.75 Å². The largest absolute Gasteiger partial charge is 0.490 e. The number of carbonyl (C=O) groups excluding carboxylic acids is 1. The number of Topliss-reactive ketones (excluding diaryl/α,β-unsaturated/α-hetero) is 1. The molecule has 22 heavy (non-hydrogen) atoms. The molecule has 0 heterocycles. The zero-order chi connectivity index (χ0) is 16.3. The Bertz CT molecular complexity index is 698. The maximum absolute atomic E-state index is 13.7. The molecule has 1 unspecified atom stereocenters. The summed E-state index contributed by atoms with van der Waals surface area (Å²) in [6, 6.07) is 7.96. The van der Waals surface area contributed by atoms with Crippen molar-refractivity contribution < 1.29 is 23.4 Å². The molecule has 2 rings (SSSR count). The van der Waals surface area contributed by atoms with E-state index in [4.69, 9.17) is 4.74 Å². The Morgan fingerprint density at radius 1 is 1.23 bits per heavy atom. The molecule has 0 saturated heterocycles. The molecule has 3 nitrogen and oxygen atoms in total. The number of hydrogen-bond donors (Lipinski definition) is 1. The van der Waals surface area contributed by atoms with Crippen LogP contribution >= 0.6 is 0 Å². The molecule has 116 valence electrons. The number of aliphatic hydroxyl groups excluding tert-OH is 1. The zero-order valence-electron chi connectivity index (χ0n) is 12.3. The van der Waals surface area contributed by atoms with E-state index in [1.165, 1.54) is 37.3 Å². The van der Waals surface area contributed by atoms with Crippen molar-refractivity contribution >= 4 is 5.78 Å². The zero-order valence-corrected chi connectivity index (χ0v) is 12.3. The molecular weight excluding hydrogens is 290 g/mol. The highest BCUT2D eigenvalue weighted by Gasteiger charge is 2.13. The SMILES string of the molecule is CC(=O)c1ccc(OCC(O)c2ccc(F)cc2C)cc1F. The highest BCUT2D eigenvalue weighted by atomic mass is 19.1. The fourth-order valence-corrected chi connectivity index (χ4v) is 2.15. The molecule has 1 atom stereocenters. The van der Waals surface area contributed by atoms with E-state index in [9.17, 15) is 18.7 Å². The van der Waals surface area contributed by atoms with Crippen LogP contribution in [0, 0.1) is 18.6 Å². The van der Waals surface area contributed by atoms with E-state index >= 15 is 0 Å². The molecule has 2 aromatic rings. The van der Waals surface area contributed by atoms with E-state index in [0.717, 1.165) is 6.07 Å². The van der Waals surface area contributed by atoms with Gasteiger partial charge in [-0.05, 0) is 49.2 Å². The summed E-state index contributed by atoms with van der Waals surface area (Å²) in [7, 11) is 0. The minimum atomic E-state index is -0.962. The van der Waals surface area contributed by atoms with E-state index < -0.39 is 11.9 Å². The first-order valence-electron chi connectivity index (χ1n) is 6.76. The van der Waals surface area contributed by atoms with Gasteiger partial charge in [-0.25, -0.2) is 8.78 Å². The van der Waals surface area contributed by atoms with Crippen LogP contribution in [-0.2, 0) is 0 Å². The maximum Gasteiger partial charge on any atom is 0.162 e. The molecule has 0 aliphatic carbocycles. The monoisotopic (exact) mass is 306 g/mol. The number of benzene rings is 2. The number of halogens is 2. The lowest BCUT2D eigenvalue weighted by Gasteiger charge is -2.15. The van der Waals surface area contributed by atoms with Gasteiger partial charge in [-0.1, -0.05) is 6.07 Å². The van der Waals surface area contributed by atoms with E-state index in [1.807, 2.05) is 0 Å². The first-order valence-corrected chi connectivity index (χ1v) is 6.76. The summed E-state index contributed by atoms with van der Waals surface area (Å²) >= 11 is 0. The predicted octanol–water partition coefficient (Wildman–Crippen LogP) is 3.59. The van der Waals surface area contributed by atoms with Crippen LogP contribution in [0.15, 0.2) is 36.4 Å². The Hall–Kier alpha value is -2.27. The van der Waals surface area contributed by atoms with Gasteiger partial charge in [0.05, 0.1) is 5.56 Å². The van der Waals surface area contributed by atoms with Crippen LogP contribution in [0.1, 0.15) is 34.5 Å².